The maximum atomic E-state index is 13.0. The third-order valence-electron chi connectivity index (χ3n) is 5.82. The molecule has 1 aliphatic heterocycles. The minimum Gasteiger partial charge on any atom is -0.543 e. The number of carbonyl (C=O) groups is 2. The maximum Gasteiger partial charge on any atom is 0.410 e. The molecule has 29 heavy (non-hydrogen) atoms. The zero-order valence-electron chi connectivity index (χ0n) is 19.3. The van der Waals surface area contributed by atoms with Gasteiger partial charge < -0.3 is 14.1 Å². The van der Waals surface area contributed by atoms with Gasteiger partial charge in [0.25, 0.3) is 0 Å². The molecule has 0 radical (unpaired) electrons. The number of amides is 1. The lowest BCUT2D eigenvalue weighted by Crippen LogP contribution is -2.44. The van der Waals surface area contributed by atoms with Gasteiger partial charge in [-0.1, -0.05) is 32.9 Å². The van der Waals surface area contributed by atoms with Crippen LogP contribution in [0.3, 0.4) is 0 Å². The molecule has 0 spiro atoms. The number of piperidine rings is 1. The molecule has 0 aliphatic carbocycles. The molecule has 162 valence electrons. The molecule has 0 aromatic heterocycles. The number of hydrogen-bond donors (Lipinski definition) is 0. The molecule has 1 amide bonds. The second kappa shape index (κ2) is 8.50. The molecule has 1 saturated heterocycles. The molecular weight excluding hydrogens is 382 g/mol. The molecule has 0 N–H and O–H groups in total. The second-order valence-electron chi connectivity index (χ2n) is 10.5. The first-order chi connectivity index (χ1) is 13.2. The molecule has 2 rings (SSSR count). The minimum atomic E-state index is -1.95. The number of nitrogens with zero attached hydrogens (tertiary/aromatic N) is 1. The molecule has 0 unspecified atom stereocenters. The first-order valence-electron chi connectivity index (χ1n) is 10.5. The quantitative estimate of drug-likeness (QED) is 0.450. The van der Waals surface area contributed by atoms with Gasteiger partial charge in [-0.2, -0.15) is 0 Å². The summed E-state index contributed by atoms with van der Waals surface area (Å²) < 4.78 is 11.8. The first-order valence-corrected chi connectivity index (χ1v) is 13.4. The molecule has 1 aromatic carbocycles. The van der Waals surface area contributed by atoms with Crippen molar-refractivity contribution < 1.29 is 18.8 Å². The topological polar surface area (TPSA) is 55.8 Å². The predicted molar refractivity (Wildman–Crippen MR) is 119 cm³/mol. The lowest BCUT2D eigenvalue weighted by molar-refractivity contribution is 0.0182. The maximum absolute atomic E-state index is 13.0. The standard InChI is InChI=1S/C23H37NO4Si/c1-22(2,3)27-21(26)24-14-12-17(13-15-24)20(25)18-10-9-11-19(16-18)28-29(7,8)23(4,5)6/h9-11,16-17H,12-15H2,1-8H3. The van der Waals surface area contributed by atoms with Crippen molar-refractivity contribution in [3.05, 3.63) is 29.8 Å². The normalized spacial score (nSPS) is 16.5. The van der Waals surface area contributed by atoms with Crippen LogP contribution in [0.5, 0.6) is 5.75 Å². The van der Waals surface area contributed by atoms with E-state index in [0.29, 0.717) is 31.5 Å². The molecule has 6 heteroatoms. The second-order valence-corrected chi connectivity index (χ2v) is 15.2. The van der Waals surface area contributed by atoms with Crippen molar-refractivity contribution in [2.24, 2.45) is 5.92 Å². The van der Waals surface area contributed by atoms with E-state index < -0.39 is 13.9 Å². The molecule has 1 heterocycles. The van der Waals surface area contributed by atoms with Gasteiger partial charge in [0.05, 0.1) is 0 Å². The molecule has 0 bridgehead atoms. The van der Waals surface area contributed by atoms with E-state index in [1.807, 2.05) is 45.0 Å². The predicted octanol–water partition coefficient (Wildman–Crippen LogP) is 5.90. The van der Waals surface area contributed by atoms with Gasteiger partial charge in [0.15, 0.2) is 5.78 Å². The van der Waals surface area contributed by atoms with Gasteiger partial charge in [0.2, 0.25) is 8.32 Å². The van der Waals surface area contributed by atoms with E-state index >= 15 is 0 Å². The van der Waals surface area contributed by atoms with E-state index in [0.717, 1.165) is 5.75 Å². The Morgan fingerprint density at radius 2 is 1.62 bits per heavy atom. The Morgan fingerprint density at radius 3 is 2.14 bits per heavy atom. The summed E-state index contributed by atoms with van der Waals surface area (Å²) in [4.78, 5) is 27.0. The Kier molecular flexibility index (Phi) is 6.88. The smallest absolute Gasteiger partial charge is 0.410 e. The summed E-state index contributed by atoms with van der Waals surface area (Å²) in [6.07, 6.45) is 1.02. The lowest BCUT2D eigenvalue weighted by Gasteiger charge is -2.36. The minimum absolute atomic E-state index is 0.0724. The van der Waals surface area contributed by atoms with Gasteiger partial charge in [0, 0.05) is 24.6 Å². The molecule has 1 aromatic rings. The summed E-state index contributed by atoms with van der Waals surface area (Å²) in [5, 5.41) is 0.0987. The van der Waals surface area contributed by atoms with Crippen LogP contribution in [-0.2, 0) is 4.74 Å². The summed E-state index contributed by atoms with van der Waals surface area (Å²) in [5.41, 5.74) is 0.186. The van der Waals surface area contributed by atoms with Crippen LogP contribution in [0.1, 0.15) is 64.7 Å². The monoisotopic (exact) mass is 419 g/mol. The van der Waals surface area contributed by atoms with Crippen LogP contribution in [-0.4, -0.2) is 43.8 Å². The van der Waals surface area contributed by atoms with E-state index in [1.165, 1.54) is 0 Å². The van der Waals surface area contributed by atoms with Crippen LogP contribution >= 0.6 is 0 Å². The fraction of sp³-hybridized carbons (Fsp3) is 0.652. The van der Waals surface area contributed by atoms with E-state index in [4.69, 9.17) is 9.16 Å². The third-order valence-corrected chi connectivity index (χ3v) is 10.2. The molecule has 0 saturated carbocycles. The van der Waals surface area contributed by atoms with E-state index in [9.17, 15) is 9.59 Å². The Hall–Kier alpha value is -1.82. The molecule has 1 fully saturated rings. The van der Waals surface area contributed by atoms with Gasteiger partial charge in [-0.3, -0.25) is 4.79 Å². The molecule has 5 nitrogen and oxygen atoms in total. The number of Topliss-reactive ketones (excluding diaryl/α,β-unsaturated/α-hetero) is 1. The van der Waals surface area contributed by atoms with Gasteiger partial charge in [-0.05, 0) is 63.9 Å². The highest BCUT2D eigenvalue weighted by Gasteiger charge is 2.39. The third kappa shape index (κ3) is 6.33. The Bertz CT molecular complexity index is 738. The zero-order valence-corrected chi connectivity index (χ0v) is 20.3. The van der Waals surface area contributed by atoms with Gasteiger partial charge in [-0.25, -0.2) is 4.79 Å². The average Bonchev–Trinajstić information content (AvgIpc) is 2.58. The molecule has 1 aliphatic rings. The lowest BCUT2D eigenvalue weighted by atomic mass is 9.89. The fourth-order valence-corrected chi connectivity index (χ4v) is 4.07. The number of likely N-dealkylation sites (tertiary alicyclic amines) is 1. The van der Waals surface area contributed by atoms with Crippen molar-refractivity contribution in [1.29, 1.82) is 0 Å². The molecular formula is C23H37NO4Si. The number of carbonyl (C=O) groups excluding carboxylic acids is 2. The number of ketones is 1. The number of benzene rings is 1. The van der Waals surface area contributed by atoms with Crippen LogP contribution in [0, 0.1) is 5.92 Å². The van der Waals surface area contributed by atoms with Crippen molar-refractivity contribution in [3.8, 4) is 5.75 Å². The number of ether oxygens (including phenoxy) is 1. The summed E-state index contributed by atoms with van der Waals surface area (Å²) in [5.74, 6) is 0.833. The number of rotatable bonds is 4. The van der Waals surface area contributed by atoms with Gasteiger partial charge in [-0.15, -0.1) is 0 Å². The van der Waals surface area contributed by atoms with Crippen LogP contribution in [0.2, 0.25) is 18.1 Å². The van der Waals surface area contributed by atoms with E-state index in [1.54, 1.807) is 4.90 Å². The number of hydrogen-bond acceptors (Lipinski definition) is 4. The summed E-state index contributed by atoms with van der Waals surface area (Å²) in [6.45, 7) is 17.7. The van der Waals surface area contributed by atoms with Crippen molar-refractivity contribution in [2.45, 2.75) is 78.1 Å². The first kappa shape index (κ1) is 23.5. The van der Waals surface area contributed by atoms with Gasteiger partial charge in [0.1, 0.15) is 11.4 Å². The van der Waals surface area contributed by atoms with Gasteiger partial charge >= 0.3 is 6.09 Å². The zero-order chi connectivity index (χ0) is 22.0. The fourth-order valence-electron chi connectivity index (χ4n) is 3.05. The Morgan fingerprint density at radius 1 is 1.03 bits per heavy atom. The highest BCUT2D eigenvalue weighted by Crippen LogP contribution is 2.37. The molecule has 0 atom stereocenters. The van der Waals surface area contributed by atoms with Crippen molar-refractivity contribution in [1.82, 2.24) is 4.90 Å². The summed E-state index contributed by atoms with van der Waals surface area (Å²) in [7, 11) is -1.95. The van der Waals surface area contributed by atoms with Crippen molar-refractivity contribution >= 4 is 20.2 Å². The Labute approximate surface area is 176 Å². The highest BCUT2D eigenvalue weighted by molar-refractivity contribution is 6.74. The average molecular weight is 420 g/mol. The largest absolute Gasteiger partial charge is 0.543 e. The Balaban J connectivity index is 2.01. The SMILES string of the molecule is CC(C)(C)OC(=O)N1CCC(C(=O)c2cccc(O[Si](C)(C)C(C)(C)C)c2)CC1. The van der Waals surface area contributed by atoms with Crippen LogP contribution in [0.4, 0.5) is 4.79 Å². The van der Waals surface area contributed by atoms with Crippen LogP contribution in [0.25, 0.3) is 0 Å². The van der Waals surface area contributed by atoms with E-state index in [2.05, 4.69) is 33.9 Å². The van der Waals surface area contributed by atoms with Crippen LogP contribution < -0.4 is 4.43 Å². The van der Waals surface area contributed by atoms with E-state index in [-0.39, 0.29) is 22.8 Å². The summed E-state index contributed by atoms with van der Waals surface area (Å²) >= 11 is 0. The van der Waals surface area contributed by atoms with Crippen molar-refractivity contribution in [3.63, 3.8) is 0 Å². The van der Waals surface area contributed by atoms with Crippen molar-refractivity contribution in [2.75, 3.05) is 13.1 Å². The highest BCUT2D eigenvalue weighted by atomic mass is 28.4. The van der Waals surface area contributed by atoms with Crippen LogP contribution in [0.15, 0.2) is 24.3 Å². The summed E-state index contributed by atoms with van der Waals surface area (Å²) in [6, 6.07) is 7.57.